The number of rotatable bonds is 6. The average Bonchev–Trinajstić information content (AvgIpc) is 2.79. The van der Waals surface area contributed by atoms with Crippen LogP contribution in [0, 0.1) is 11.3 Å². The third kappa shape index (κ3) is 3.40. The molecule has 0 amide bonds. The molecule has 2 aliphatic rings. The van der Waals surface area contributed by atoms with E-state index in [4.69, 9.17) is 4.74 Å². The standard InChI is InChI=1S/C16H23NO3S/c18-21(19)10-7-14(11-21)16(12-17-13-16)8-4-9-20-15-5-2-1-3-6-15/h1-3,5-6,14,17H,4,7-13H2. The lowest BCUT2D eigenvalue weighted by Crippen LogP contribution is -2.58. The number of sulfone groups is 1. The molecule has 0 saturated carbocycles. The number of benzene rings is 1. The molecule has 1 unspecified atom stereocenters. The van der Waals surface area contributed by atoms with Crippen LogP contribution in [0.5, 0.6) is 5.75 Å². The van der Waals surface area contributed by atoms with Gasteiger partial charge in [0.05, 0.1) is 18.1 Å². The molecule has 21 heavy (non-hydrogen) atoms. The van der Waals surface area contributed by atoms with Gasteiger partial charge in [-0.2, -0.15) is 0 Å². The topological polar surface area (TPSA) is 55.4 Å². The molecule has 4 nitrogen and oxygen atoms in total. The van der Waals surface area contributed by atoms with Gasteiger partial charge in [-0.05, 0) is 42.7 Å². The van der Waals surface area contributed by atoms with Crippen LogP contribution in [0.4, 0.5) is 0 Å². The molecule has 0 spiro atoms. The molecule has 1 aromatic rings. The minimum atomic E-state index is -2.79. The molecule has 0 radical (unpaired) electrons. The molecule has 2 heterocycles. The molecule has 1 atom stereocenters. The van der Waals surface area contributed by atoms with Crippen molar-refractivity contribution in [3.05, 3.63) is 30.3 Å². The maximum atomic E-state index is 11.7. The minimum Gasteiger partial charge on any atom is -0.494 e. The summed E-state index contributed by atoms with van der Waals surface area (Å²) in [6.07, 6.45) is 2.86. The Kier molecular flexibility index (Phi) is 4.22. The van der Waals surface area contributed by atoms with Crippen molar-refractivity contribution in [1.29, 1.82) is 0 Å². The van der Waals surface area contributed by atoms with Crippen molar-refractivity contribution < 1.29 is 13.2 Å². The Bertz CT molecular complexity index is 566. The molecule has 0 aliphatic carbocycles. The smallest absolute Gasteiger partial charge is 0.150 e. The number of hydrogen-bond donors (Lipinski definition) is 1. The van der Waals surface area contributed by atoms with Gasteiger partial charge in [-0.3, -0.25) is 0 Å². The van der Waals surface area contributed by atoms with Gasteiger partial charge < -0.3 is 10.1 Å². The molecule has 0 bridgehead atoms. The van der Waals surface area contributed by atoms with Gasteiger partial charge in [-0.15, -0.1) is 0 Å². The Morgan fingerprint density at radius 2 is 2.00 bits per heavy atom. The number of hydrogen-bond acceptors (Lipinski definition) is 4. The predicted octanol–water partition coefficient (Wildman–Crippen LogP) is 1.87. The summed E-state index contributed by atoms with van der Waals surface area (Å²) in [6.45, 7) is 2.61. The van der Waals surface area contributed by atoms with Gasteiger partial charge in [0, 0.05) is 13.1 Å². The molecule has 0 aromatic heterocycles. The van der Waals surface area contributed by atoms with E-state index in [1.807, 2.05) is 30.3 Å². The van der Waals surface area contributed by atoms with Crippen molar-refractivity contribution >= 4 is 9.84 Å². The van der Waals surface area contributed by atoms with Crippen molar-refractivity contribution in [3.8, 4) is 5.75 Å². The third-order valence-electron chi connectivity index (χ3n) is 4.88. The monoisotopic (exact) mass is 309 g/mol. The zero-order chi connectivity index (χ0) is 14.8. The maximum Gasteiger partial charge on any atom is 0.150 e. The van der Waals surface area contributed by atoms with Gasteiger partial charge in [0.15, 0.2) is 9.84 Å². The van der Waals surface area contributed by atoms with Crippen molar-refractivity contribution in [3.63, 3.8) is 0 Å². The van der Waals surface area contributed by atoms with Crippen molar-refractivity contribution in [2.45, 2.75) is 19.3 Å². The molecule has 116 valence electrons. The van der Waals surface area contributed by atoms with Gasteiger partial charge in [-0.25, -0.2) is 8.42 Å². The average molecular weight is 309 g/mol. The first kappa shape index (κ1) is 14.9. The quantitative estimate of drug-likeness (QED) is 0.815. The summed E-state index contributed by atoms with van der Waals surface area (Å²) >= 11 is 0. The van der Waals surface area contributed by atoms with E-state index in [2.05, 4.69) is 5.32 Å². The van der Waals surface area contributed by atoms with Crippen LogP contribution in [-0.2, 0) is 9.84 Å². The summed E-state index contributed by atoms with van der Waals surface area (Å²) in [5, 5.41) is 3.33. The second kappa shape index (κ2) is 5.97. The Balaban J connectivity index is 1.49. The van der Waals surface area contributed by atoms with E-state index in [9.17, 15) is 8.42 Å². The Labute approximate surface area is 126 Å². The first-order chi connectivity index (χ1) is 10.1. The van der Waals surface area contributed by atoms with E-state index < -0.39 is 9.84 Å². The molecule has 2 fully saturated rings. The largest absolute Gasteiger partial charge is 0.494 e. The van der Waals surface area contributed by atoms with Crippen LogP contribution >= 0.6 is 0 Å². The van der Waals surface area contributed by atoms with Gasteiger partial charge >= 0.3 is 0 Å². The summed E-state index contributed by atoms with van der Waals surface area (Å²) in [6, 6.07) is 9.84. The van der Waals surface area contributed by atoms with Gasteiger partial charge in [0.2, 0.25) is 0 Å². The van der Waals surface area contributed by atoms with E-state index in [1.54, 1.807) is 0 Å². The fourth-order valence-corrected chi connectivity index (χ4v) is 5.47. The van der Waals surface area contributed by atoms with E-state index in [-0.39, 0.29) is 5.41 Å². The highest BCUT2D eigenvalue weighted by Gasteiger charge is 2.47. The van der Waals surface area contributed by atoms with E-state index in [0.29, 0.717) is 24.0 Å². The minimum absolute atomic E-state index is 0.184. The first-order valence-electron chi connectivity index (χ1n) is 7.69. The summed E-state index contributed by atoms with van der Waals surface area (Å²) < 4.78 is 29.1. The second-order valence-electron chi connectivity index (χ2n) is 6.33. The van der Waals surface area contributed by atoms with Crippen LogP contribution in [-0.4, -0.2) is 39.6 Å². The molecule has 2 saturated heterocycles. The fourth-order valence-electron chi connectivity index (χ4n) is 3.52. The molecule has 1 N–H and O–H groups in total. The Hall–Kier alpha value is -1.07. The van der Waals surface area contributed by atoms with Crippen LogP contribution in [0.3, 0.4) is 0 Å². The normalized spacial score (nSPS) is 26.2. The molecule has 5 heteroatoms. The zero-order valence-electron chi connectivity index (χ0n) is 12.3. The summed E-state index contributed by atoms with van der Waals surface area (Å²) in [5.41, 5.74) is 0.184. The van der Waals surface area contributed by atoms with Crippen molar-refractivity contribution in [2.24, 2.45) is 11.3 Å². The lowest BCUT2D eigenvalue weighted by Gasteiger charge is -2.47. The van der Waals surface area contributed by atoms with Crippen LogP contribution in [0.1, 0.15) is 19.3 Å². The zero-order valence-corrected chi connectivity index (χ0v) is 13.1. The van der Waals surface area contributed by atoms with Gasteiger partial charge in [-0.1, -0.05) is 18.2 Å². The maximum absolute atomic E-state index is 11.7. The molecule has 1 aromatic carbocycles. The fraction of sp³-hybridized carbons (Fsp3) is 0.625. The van der Waals surface area contributed by atoms with E-state index in [1.165, 1.54) is 0 Å². The van der Waals surface area contributed by atoms with E-state index in [0.717, 1.165) is 38.1 Å². The lowest BCUT2D eigenvalue weighted by molar-refractivity contribution is 0.0723. The first-order valence-corrected chi connectivity index (χ1v) is 9.51. The molecule has 3 rings (SSSR count). The highest BCUT2D eigenvalue weighted by atomic mass is 32.2. The highest BCUT2D eigenvalue weighted by molar-refractivity contribution is 7.91. The Morgan fingerprint density at radius 3 is 2.57 bits per heavy atom. The third-order valence-corrected chi connectivity index (χ3v) is 6.65. The Morgan fingerprint density at radius 1 is 1.24 bits per heavy atom. The van der Waals surface area contributed by atoms with Crippen LogP contribution in [0.2, 0.25) is 0 Å². The second-order valence-corrected chi connectivity index (χ2v) is 8.56. The number of ether oxygens (including phenoxy) is 1. The number of nitrogens with one attached hydrogen (secondary N) is 1. The van der Waals surface area contributed by atoms with Crippen LogP contribution < -0.4 is 10.1 Å². The summed E-state index contributed by atoms with van der Waals surface area (Å²) in [4.78, 5) is 0. The van der Waals surface area contributed by atoms with Crippen molar-refractivity contribution in [1.82, 2.24) is 5.32 Å². The van der Waals surface area contributed by atoms with E-state index >= 15 is 0 Å². The van der Waals surface area contributed by atoms with Crippen LogP contribution in [0.15, 0.2) is 30.3 Å². The highest BCUT2D eigenvalue weighted by Crippen LogP contribution is 2.42. The molecule has 2 aliphatic heterocycles. The van der Waals surface area contributed by atoms with Gasteiger partial charge in [0.25, 0.3) is 0 Å². The van der Waals surface area contributed by atoms with Crippen LogP contribution in [0.25, 0.3) is 0 Å². The lowest BCUT2D eigenvalue weighted by atomic mass is 9.67. The molecular weight excluding hydrogens is 286 g/mol. The predicted molar refractivity (Wildman–Crippen MR) is 83.2 cm³/mol. The summed E-state index contributed by atoms with van der Waals surface area (Å²) in [5.74, 6) is 2.00. The number of para-hydroxylation sites is 1. The van der Waals surface area contributed by atoms with Crippen molar-refractivity contribution in [2.75, 3.05) is 31.2 Å². The summed E-state index contributed by atoms with van der Waals surface area (Å²) in [7, 11) is -2.79. The molecular formula is C16H23NO3S. The van der Waals surface area contributed by atoms with Gasteiger partial charge in [0.1, 0.15) is 5.75 Å². The SMILES string of the molecule is O=S1(=O)CCC(C2(CCCOc3ccccc3)CNC2)C1.